The number of benzene rings is 2. The Kier molecular flexibility index (Phi) is 5.71. The van der Waals surface area contributed by atoms with E-state index in [1.165, 1.54) is 23.2 Å². The van der Waals surface area contributed by atoms with E-state index in [4.69, 9.17) is 0 Å². The van der Waals surface area contributed by atoms with Gasteiger partial charge in [0.2, 0.25) is 0 Å². The molecular formula is C22H25F2N3O. The minimum atomic E-state index is -0.821. The molecule has 0 spiro atoms. The Balaban J connectivity index is 1.42. The highest BCUT2D eigenvalue weighted by molar-refractivity contribution is 5.80. The number of aliphatic hydroxyl groups excluding tert-OH is 1. The van der Waals surface area contributed by atoms with E-state index >= 15 is 0 Å². The van der Waals surface area contributed by atoms with E-state index in [0.717, 1.165) is 37.3 Å². The second kappa shape index (κ2) is 8.39. The molecule has 0 saturated carbocycles. The monoisotopic (exact) mass is 385 g/mol. The summed E-state index contributed by atoms with van der Waals surface area (Å²) in [6.45, 7) is 4.04. The highest BCUT2D eigenvalue weighted by Crippen LogP contribution is 2.21. The highest BCUT2D eigenvalue weighted by atomic mass is 19.2. The van der Waals surface area contributed by atoms with Crippen molar-refractivity contribution >= 4 is 10.9 Å². The Morgan fingerprint density at radius 3 is 2.64 bits per heavy atom. The van der Waals surface area contributed by atoms with Crippen LogP contribution in [0.2, 0.25) is 0 Å². The summed E-state index contributed by atoms with van der Waals surface area (Å²) in [7, 11) is 0. The quantitative estimate of drug-likeness (QED) is 0.682. The third-order valence-electron chi connectivity index (χ3n) is 5.50. The van der Waals surface area contributed by atoms with Crippen LogP contribution >= 0.6 is 0 Å². The van der Waals surface area contributed by atoms with Gasteiger partial charge in [0.1, 0.15) is 0 Å². The molecule has 0 bridgehead atoms. The van der Waals surface area contributed by atoms with Crippen molar-refractivity contribution in [3.63, 3.8) is 0 Å². The first-order valence-electron chi connectivity index (χ1n) is 9.70. The number of nitrogens with zero attached hydrogens (tertiary/aromatic N) is 2. The molecule has 3 aromatic rings. The number of piperazine rings is 1. The topological polar surface area (TPSA) is 42.5 Å². The van der Waals surface area contributed by atoms with E-state index in [-0.39, 0.29) is 12.6 Å². The van der Waals surface area contributed by atoms with Crippen LogP contribution in [0.15, 0.2) is 48.5 Å². The molecule has 1 aliphatic rings. The maximum atomic E-state index is 13.5. The molecule has 4 nitrogen and oxygen atoms in total. The molecule has 1 aromatic heterocycles. The number of hydrogen-bond donors (Lipinski definition) is 2. The summed E-state index contributed by atoms with van der Waals surface area (Å²) in [4.78, 5) is 8.11. The van der Waals surface area contributed by atoms with Crippen LogP contribution in [0, 0.1) is 11.6 Å². The van der Waals surface area contributed by atoms with Crippen LogP contribution in [0.25, 0.3) is 10.9 Å². The molecule has 0 unspecified atom stereocenters. The van der Waals surface area contributed by atoms with Crippen LogP contribution in [0.4, 0.5) is 8.78 Å². The van der Waals surface area contributed by atoms with Crippen molar-refractivity contribution in [2.24, 2.45) is 0 Å². The van der Waals surface area contributed by atoms with E-state index < -0.39 is 11.6 Å². The second-order valence-corrected chi connectivity index (χ2v) is 7.50. The van der Waals surface area contributed by atoms with Crippen LogP contribution in [-0.2, 0) is 13.1 Å². The van der Waals surface area contributed by atoms with Crippen LogP contribution in [0.3, 0.4) is 0 Å². The van der Waals surface area contributed by atoms with E-state index in [9.17, 15) is 13.9 Å². The first kappa shape index (κ1) is 19.1. The fourth-order valence-corrected chi connectivity index (χ4v) is 4.06. The Morgan fingerprint density at radius 1 is 1.00 bits per heavy atom. The third kappa shape index (κ3) is 4.24. The van der Waals surface area contributed by atoms with E-state index in [1.807, 2.05) is 12.1 Å². The second-order valence-electron chi connectivity index (χ2n) is 7.50. The fraction of sp³-hybridized carbons (Fsp3) is 0.364. The predicted octanol–water partition coefficient (Wildman–Crippen LogP) is 3.51. The summed E-state index contributed by atoms with van der Waals surface area (Å²) >= 11 is 0. The molecule has 2 N–H and O–H groups in total. The SMILES string of the molecule is OCC[C@H]1CN(Cc2cc3ccccc3[nH]2)CCN1Cc1ccc(F)c(F)c1. The summed E-state index contributed by atoms with van der Waals surface area (Å²) < 4.78 is 26.7. The lowest BCUT2D eigenvalue weighted by atomic mass is 10.1. The number of fused-ring (bicyclic) bond motifs is 1. The molecule has 148 valence electrons. The molecule has 1 fully saturated rings. The molecule has 2 heterocycles. The molecular weight excluding hydrogens is 360 g/mol. The zero-order chi connectivity index (χ0) is 19.5. The minimum Gasteiger partial charge on any atom is -0.396 e. The van der Waals surface area contributed by atoms with Gasteiger partial charge in [0.05, 0.1) is 0 Å². The number of nitrogens with one attached hydrogen (secondary N) is 1. The Labute approximate surface area is 163 Å². The Hall–Kier alpha value is -2.28. The normalized spacial score (nSPS) is 18.8. The van der Waals surface area contributed by atoms with Crippen LogP contribution < -0.4 is 0 Å². The van der Waals surface area contributed by atoms with E-state index in [0.29, 0.717) is 13.0 Å². The van der Waals surface area contributed by atoms with Gasteiger partial charge in [0.25, 0.3) is 0 Å². The lowest BCUT2D eigenvalue weighted by Gasteiger charge is -2.41. The number of aromatic amines is 1. The number of aliphatic hydroxyl groups is 1. The maximum absolute atomic E-state index is 13.5. The molecule has 0 amide bonds. The predicted molar refractivity (Wildman–Crippen MR) is 106 cm³/mol. The summed E-state index contributed by atoms with van der Waals surface area (Å²) in [6.07, 6.45) is 0.660. The van der Waals surface area contributed by atoms with Gasteiger partial charge in [-0.2, -0.15) is 0 Å². The molecule has 0 aliphatic carbocycles. The summed E-state index contributed by atoms with van der Waals surface area (Å²) in [6, 6.07) is 14.7. The summed E-state index contributed by atoms with van der Waals surface area (Å²) in [5, 5.41) is 10.7. The van der Waals surface area contributed by atoms with Gasteiger partial charge >= 0.3 is 0 Å². The molecule has 6 heteroatoms. The molecule has 28 heavy (non-hydrogen) atoms. The van der Waals surface area contributed by atoms with Crippen LogP contribution in [0.1, 0.15) is 17.7 Å². The zero-order valence-electron chi connectivity index (χ0n) is 15.7. The highest BCUT2D eigenvalue weighted by Gasteiger charge is 2.27. The smallest absolute Gasteiger partial charge is 0.159 e. The summed E-state index contributed by atoms with van der Waals surface area (Å²) in [5.41, 5.74) is 3.07. The third-order valence-corrected chi connectivity index (χ3v) is 5.50. The van der Waals surface area contributed by atoms with Gasteiger partial charge in [0.15, 0.2) is 11.6 Å². The van der Waals surface area contributed by atoms with Crippen molar-refractivity contribution in [2.75, 3.05) is 26.2 Å². The number of para-hydroxylation sites is 1. The number of rotatable bonds is 6. The van der Waals surface area contributed by atoms with Crippen molar-refractivity contribution in [3.8, 4) is 0 Å². The number of hydrogen-bond acceptors (Lipinski definition) is 3. The first-order valence-corrected chi connectivity index (χ1v) is 9.70. The Morgan fingerprint density at radius 2 is 1.86 bits per heavy atom. The molecule has 2 aromatic carbocycles. The standard InChI is InChI=1S/C22H25F2N3O/c23-20-6-5-16(11-21(20)24)13-27-9-8-26(15-19(27)7-10-28)14-18-12-17-3-1-2-4-22(17)25-18/h1-6,11-12,19,25,28H,7-10,13-15H2/t19-/m0/s1. The minimum absolute atomic E-state index is 0.110. The van der Waals surface area contributed by atoms with Crippen molar-refractivity contribution in [3.05, 3.63) is 71.4 Å². The molecule has 1 aliphatic heterocycles. The van der Waals surface area contributed by atoms with Crippen molar-refractivity contribution in [1.29, 1.82) is 0 Å². The lowest BCUT2D eigenvalue weighted by Crippen LogP contribution is -2.52. The van der Waals surface area contributed by atoms with Crippen molar-refractivity contribution in [1.82, 2.24) is 14.8 Å². The first-order chi connectivity index (χ1) is 13.6. The number of aromatic nitrogens is 1. The Bertz CT molecular complexity index is 909. The van der Waals surface area contributed by atoms with E-state index in [2.05, 4.69) is 33.0 Å². The van der Waals surface area contributed by atoms with Crippen LogP contribution in [0.5, 0.6) is 0 Å². The van der Waals surface area contributed by atoms with Crippen LogP contribution in [-0.4, -0.2) is 52.2 Å². The van der Waals surface area contributed by atoms with Gasteiger partial charge in [-0.25, -0.2) is 8.78 Å². The van der Waals surface area contributed by atoms with Crippen molar-refractivity contribution < 1.29 is 13.9 Å². The molecule has 1 saturated heterocycles. The largest absolute Gasteiger partial charge is 0.396 e. The van der Waals surface area contributed by atoms with Gasteiger partial charge in [-0.05, 0) is 41.6 Å². The zero-order valence-corrected chi connectivity index (χ0v) is 15.7. The lowest BCUT2D eigenvalue weighted by molar-refractivity contribution is 0.0494. The fourth-order valence-electron chi connectivity index (χ4n) is 4.06. The maximum Gasteiger partial charge on any atom is 0.159 e. The summed E-state index contributed by atoms with van der Waals surface area (Å²) in [5.74, 6) is -1.63. The molecule has 1 atom stereocenters. The molecule has 4 rings (SSSR count). The average Bonchev–Trinajstić information content (AvgIpc) is 3.09. The van der Waals surface area contributed by atoms with Crippen molar-refractivity contribution in [2.45, 2.75) is 25.6 Å². The average molecular weight is 385 g/mol. The molecule has 0 radical (unpaired) electrons. The number of H-pyrrole nitrogens is 1. The van der Waals surface area contributed by atoms with E-state index in [1.54, 1.807) is 6.07 Å². The van der Waals surface area contributed by atoms with Gasteiger partial charge in [-0.15, -0.1) is 0 Å². The van der Waals surface area contributed by atoms with Gasteiger partial charge < -0.3 is 10.1 Å². The number of halogens is 2. The van der Waals surface area contributed by atoms with Gasteiger partial charge in [-0.3, -0.25) is 9.80 Å². The van der Waals surface area contributed by atoms with Gasteiger partial charge in [0, 0.05) is 56.6 Å². The van der Waals surface area contributed by atoms with Gasteiger partial charge in [-0.1, -0.05) is 24.3 Å².